The third-order valence-electron chi connectivity index (χ3n) is 5.14. The lowest BCUT2D eigenvalue weighted by Crippen LogP contribution is -2.49. The Bertz CT molecular complexity index is 1180. The highest BCUT2D eigenvalue weighted by Gasteiger charge is 2.23. The van der Waals surface area contributed by atoms with Gasteiger partial charge in [-0.2, -0.15) is 4.98 Å². The predicted molar refractivity (Wildman–Crippen MR) is 114 cm³/mol. The number of hydrogen-bond acceptors (Lipinski definition) is 8. The molecule has 0 bridgehead atoms. The summed E-state index contributed by atoms with van der Waals surface area (Å²) in [6.07, 6.45) is 1.09. The van der Waals surface area contributed by atoms with Crippen molar-refractivity contribution in [2.24, 2.45) is 0 Å². The Morgan fingerprint density at radius 3 is 2.53 bits per heavy atom. The van der Waals surface area contributed by atoms with Crippen LogP contribution in [0, 0.1) is 10.1 Å². The van der Waals surface area contributed by atoms with Crippen LogP contribution in [0.1, 0.15) is 5.89 Å². The number of carbonyl (C=O) groups excluding carboxylic acids is 1. The molecule has 12 heteroatoms. The lowest BCUT2D eigenvalue weighted by molar-refractivity contribution is -0.385. The number of pyridine rings is 1. The first-order valence-corrected chi connectivity index (χ1v) is 10.2. The highest BCUT2D eigenvalue weighted by Crippen LogP contribution is 2.19. The first-order chi connectivity index (χ1) is 15.4. The molecule has 1 fully saturated rings. The van der Waals surface area contributed by atoms with E-state index in [4.69, 9.17) is 16.1 Å². The molecular formula is C20H19ClN6O5. The van der Waals surface area contributed by atoms with E-state index in [1.165, 1.54) is 0 Å². The molecule has 1 aromatic carbocycles. The monoisotopic (exact) mass is 458 g/mol. The molecule has 3 aromatic rings. The van der Waals surface area contributed by atoms with E-state index in [0.29, 0.717) is 49.5 Å². The van der Waals surface area contributed by atoms with Gasteiger partial charge in [0, 0.05) is 48.9 Å². The molecule has 0 N–H and O–H groups in total. The van der Waals surface area contributed by atoms with Gasteiger partial charge in [-0.3, -0.25) is 29.2 Å². The molecule has 11 nitrogen and oxygen atoms in total. The number of aromatic nitrogens is 3. The summed E-state index contributed by atoms with van der Waals surface area (Å²) in [5.74, 6) is 0.681. The molecule has 0 atom stereocenters. The van der Waals surface area contributed by atoms with Crippen LogP contribution in [0.2, 0.25) is 5.02 Å². The van der Waals surface area contributed by atoms with Crippen molar-refractivity contribution in [1.29, 1.82) is 0 Å². The quantitative estimate of drug-likeness (QED) is 0.404. The smallest absolute Gasteiger partial charge is 0.285 e. The summed E-state index contributed by atoms with van der Waals surface area (Å²) >= 11 is 5.90. The van der Waals surface area contributed by atoms with Gasteiger partial charge in [0.15, 0.2) is 0 Å². The molecule has 0 spiro atoms. The maximum absolute atomic E-state index is 12.6. The average molecular weight is 459 g/mol. The minimum absolute atomic E-state index is 0.236. The van der Waals surface area contributed by atoms with Crippen molar-refractivity contribution in [3.8, 4) is 11.4 Å². The van der Waals surface area contributed by atoms with Gasteiger partial charge in [-0.05, 0) is 24.3 Å². The number of carbonyl (C=O) groups is 1. The highest BCUT2D eigenvalue weighted by molar-refractivity contribution is 6.30. The number of hydrogen-bond donors (Lipinski definition) is 0. The van der Waals surface area contributed by atoms with Crippen molar-refractivity contribution in [3.63, 3.8) is 0 Å². The lowest BCUT2D eigenvalue weighted by Gasteiger charge is -2.34. The van der Waals surface area contributed by atoms with Crippen LogP contribution >= 0.6 is 11.6 Å². The van der Waals surface area contributed by atoms with E-state index >= 15 is 0 Å². The molecule has 166 valence electrons. The van der Waals surface area contributed by atoms with E-state index < -0.39 is 10.5 Å². The number of benzene rings is 1. The van der Waals surface area contributed by atoms with E-state index in [1.54, 1.807) is 17.0 Å². The number of piperazine rings is 1. The van der Waals surface area contributed by atoms with E-state index in [0.717, 1.165) is 28.5 Å². The Balaban J connectivity index is 1.31. The Morgan fingerprint density at radius 1 is 1.12 bits per heavy atom. The Morgan fingerprint density at radius 2 is 1.84 bits per heavy atom. The molecule has 1 aliphatic rings. The van der Waals surface area contributed by atoms with Gasteiger partial charge in [-0.15, -0.1) is 0 Å². The minimum Gasteiger partial charge on any atom is -0.339 e. The first-order valence-electron chi connectivity index (χ1n) is 9.82. The summed E-state index contributed by atoms with van der Waals surface area (Å²) in [4.78, 5) is 42.9. The fourth-order valence-electron chi connectivity index (χ4n) is 3.38. The second kappa shape index (κ2) is 9.28. The van der Waals surface area contributed by atoms with Crippen LogP contribution in [0.5, 0.6) is 0 Å². The van der Waals surface area contributed by atoms with Crippen molar-refractivity contribution in [1.82, 2.24) is 24.5 Å². The topological polar surface area (TPSA) is 128 Å². The molecule has 4 rings (SSSR count). The van der Waals surface area contributed by atoms with Crippen molar-refractivity contribution in [2.75, 3.05) is 26.2 Å². The van der Waals surface area contributed by atoms with E-state index in [9.17, 15) is 19.7 Å². The van der Waals surface area contributed by atoms with Crippen LogP contribution < -0.4 is 5.56 Å². The fraction of sp³-hybridized carbons (Fsp3) is 0.300. The molecule has 0 saturated carbocycles. The van der Waals surface area contributed by atoms with Gasteiger partial charge in [0.25, 0.3) is 11.2 Å². The third-order valence-corrected chi connectivity index (χ3v) is 5.39. The van der Waals surface area contributed by atoms with Crippen LogP contribution in [0.3, 0.4) is 0 Å². The zero-order valence-electron chi connectivity index (χ0n) is 16.9. The van der Waals surface area contributed by atoms with Crippen LogP contribution in [-0.2, 0) is 17.9 Å². The fourth-order valence-corrected chi connectivity index (χ4v) is 3.50. The molecule has 0 unspecified atom stereocenters. The summed E-state index contributed by atoms with van der Waals surface area (Å²) < 4.78 is 6.40. The molecule has 1 saturated heterocycles. The second-order valence-electron chi connectivity index (χ2n) is 7.29. The number of amides is 1. The largest absolute Gasteiger partial charge is 0.339 e. The van der Waals surface area contributed by atoms with Crippen LogP contribution in [0.25, 0.3) is 11.4 Å². The average Bonchev–Trinajstić information content (AvgIpc) is 3.24. The van der Waals surface area contributed by atoms with Gasteiger partial charge in [-0.1, -0.05) is 16.8 Å². The van der Waals surface area contributed by atoms with Gasteiger partial charge >= 0.3 is 0 Å². The van der Waals surface area contributed by atoms with Crippen molar-refractivity contribution < 1.29 is 14.2 Å². The Labute approximate surface area is 187 Å². The molecular weight excluding hydrogens is 440 g/mol. The first kappa shape index (κ1) is 21.7. The molecule has 1 aliphatic heterocycles. The zero-order valence-corrected chi connectivity index (χ0v) is 17.6. The maximum atomic E-state index is 12.6. The standard InChI is InChI=1S/C20H19ClN6O5/c21-15-3-1-14(2-4-15)20-22-17(32-23-20)12-24-7-9-25(10-8-24)19(29)13-26-11-16(27(30)31)5-6-18(26)28/h1-6,11H,7-10,12-13H2. The third kappa shape index (κ3) is 5.01. The summed E-state index contributed by atoms with van der Waals surface area (Å²) in [5, 5.41) is 15.5. The molecule has 32 heavy (non-hydrogen) atoms. The number of halogens is 1. The van der Waals surface area contributed by atoms with E-state index in [1.807, 2.05) is 12.1 Å². The van der Waals surface area contributed by atoms with Gasteiger partial charge in [-0.25, -0.2) is 0 Å². The van der Waals surface area contributed by atoms with E-state index in [-0.39, 0.29) is 18.1 Å². The molecule has 0 aliphatic carbocycles. The second-order valence-corrected chi connectivity index (χ2v) is 7.72. The van der Waals surface area contributed by atoms with Gasteiger partial charge in [0.2, 0.25) is 17.6 Å². The van der Waals surface area contributed by atoms with Crippen molar-refractivity contribution >= 4 is 23.2 Å². The summed E-state index contributed by atoms with van der Waals surface area (Å²) in [5.41, 5.74) is 0.103. The Kier molecular flexibility index (Phi) is 6.28. The molecule has 0 radical (unpaired) electrons. The molecule has 3 heterocycles. The predicted octanol–water partition coefficient (Wildman–Crippen LogP) is 1.80. The number of nitro groups is 1. The van der Waals surface area contributed by atoms with Crippen molar-refractivity contribution in [2.45, 2.75) is 13.1 Å². The number of nitrogens with zero attached hydrogens (tertiary/aromatic N) is 6. The van der Waals surface area contributed by atoms with E-state index in [2.05, 4.69) is 15.0 Å². The summed E-state index contributed by atoms with van der Waals surface area (Å²) in [7, 11) is 0. The maximum Gasteiger partial charge on any atom is 0.285 e. The molecule has 2 aromatic heterocycles. The highest BCUT2D eigenvalue weighted by atomic mass is 35.5. The van der Waals surface area contributed by atoms with Crippen molar-refractivity contribution in [3.05, 3.63) is 74.0 Å². The number of rotatable bonds is 6. The minimum atomic E-state index is -0.602. The van der Waals surface area contributed by atoms with Gasteiger partial charge in [0.1, 0.15) is 6.54 Å². The van der Waals surface area contributed by atoms with Gasteiger partial charge in [0.05, 0.1) is 17.7 Å². The van der Waals surface area contributed by atoms with Crippen LogP contribution in [0.4, 0.5) is 5.69 Å². The Hall–Kier alpha value is -3.57. The van der Waals surface area contributed by atoms with Gasteiger partial charge < -0.3 is 9.42 Å². The molecule has 1 amide bonds. The summed E-state index contributed by atoms with van der Waals surface area (Å²) in [6.45, 7) is 2.31. The lowest BCUT2D eigenvalue weighted by atomic mass is 10.2. The normalized spacial score (nSPS) is 14.5. The zero-order chi connectivity index (χ0) is 22.7. The van der Waals surface area contributed by atoms with Crippen LogP contribution in [-0.4, -0.2) is 61.5 Å². The SMILES string of the molecule is O=C(Cn1cc([N+](=O)[O-])ccc1=O)N1CCN(Cc2nc(-c3ccc(Cl)cc3)no2)CC1. The summed E-state index contributed by atoms with van der Waals surface area (Å²) in [6, 6.07) is 9.35. The van der Waals surface area contributed by atoms with Crippen LogP contribution in [0.15, 0.2) is 51.9 Å².